The molecule has 1 fully saturated rings. The molecule has 5 unspecified atom stereocenters. The summed E-state index contributed by atoms with van der Waals surface area (Å²) in [5.74, 6) is 1.84. The van der Waals surface area contributed by atoms with Crippen molar-refractivity contribution in [1.29, 1.82) is 0 Å². The van der Waals surface area contributed by atoms with E-state index in [9.17, 15) is 0 Å². The van der Waals surface area contributed by atoms with Gasteiger partial charge in [-0.15, -0.1) is 0 Å². The van der Waals surface area contributed by atoms with Gasteiger partial charge in [-0.05, 0) is 26.2 Å². The van der Waals surface area contributed by atoms with Crippen molar-refractivity contribution in [2.24, 2.45) is 11.7 Å². The van der Waals surface area contributed by atoms with E-state index >= 15 is 0 Å². The second kappa shape index (κ2) is 5.36. The van der Waals surface area contributed by atoms with Gasteiger partial charge in [0.05, 0.1) is 24.2 Å². The highest BCUT2D eigenvalue weighted by Gasteiger charge is 2.41. The van der Waals surface area contributed by atoms with Gasteiger partial charge in [0.15, 0.2) is 5.82 Å². The second-order valence-electron chi connectivity index (χ2n) is 5.32. The van der Waals surface area contributed by atoms with E-state index in [2.05, 4.69) is 37.8 Å². The van der Waals surface area contributed by atoms with E-state index in [0.717, 1.165) is 12.8 Å². The minimum atomic E-state index is -0.127. The fourth-order valence-corrected chi connectivity index (χ4v) is 2.67. The molecule has 0 aliphatic carbocycles. The Hall–Kier alpha value is -0.940. The summed E-state index contributed by atoms with van der Waals surface area (Å²) in [6.45, 7) is 8.40. The number of hydrogen-bond acceptors (Lipinski definition) is 5. The van der Waals surface area contributed by atoms with E-state index in [0.29, 0.717) is 17.6 Å². The number of hydrogen-bond donors (Lipinski definition) is 1. The number of ether oxygens (including phenoxy) is 1. The fraction of sp³-hybridized carbons (Fsp3) is 0.846. The Morgan fingerprint density at radius 1 is 1.28 bits per heavy atom. The van der Waals surface area contributed by atoms with Gasteiger partial charge < -0.3 is 15.0 Å². The predicted octanol–water partition coefficient (Wildman–Crippen LogP) is 2.40. The second-order valence-corrected chi connectivity index (χ2v) is 5.32. The summed E-state index contributed by atoms with van der Waals surface area (Å²) >= 11 is 0. The zero-order valence-corrected chi connectivity index (χ0v) is 11.6. The first-order chi connectivity index (χ1) is 8.54. The Balaban J connectivity index is 2.14. The van der Waals surface area contributed by atoms with E-state index < -0.39 is 0 Å². The molecule has 5 heteroatoms. The first kappa shape index (κ1) is 13.5. The van der Waals surface area contributed by atoms with Crippen LogP contribution in [0.1, 0.15) is 64.2 Å². The molecule has 2 rings (SSSR count). The van der Waals surface area contributed by atoms with Crippen molar-refractivity contribution in [2.75, 3.05) is 0 Å². The van der Waals surface area contributed by atoms with Crippen LogP contribution in [0.25, 0.3) is 0 Å². The molecule has 0 radical (unpaired) electrons. The van der Waals surface area contributed by atoms with E-state index in [-0.39, 0.29) is 24.2 Å². The average molecular weight is 253 g/mol. The molecule has 1 aliphatic heterocycles. The van der Waals surface area contributed by atoms with E-state index in [1.165, 1.54) is 0 Å². The van der Waals surface area contributed by atoms with Gasteiger partial charge in [-0.25, -0.2) is 0 Å². The van der Waals surface area contributed by atoms with Gasteiger partial charge in [0.2, 0.25) is 5.89 Å². The van der Waals surface area contributed by atoms with Crippen molar-refractivity contribution < 1.29 is 9.26 Å². The van der Waals surface area contributed by atoms with Crippen LogP contribution in [0.5, 0.6) is 0 Å². The molecule has 1 saturated heterocycles. The zero-order valence-electron chi connectivity index (χ0n) is 11.6. The largest absolute Gasteiger partial charge is 0.374 e. The highest BCUT2D eigenvalue weighted by atomic mass is 16.5. The molecule has 0 saturated carbocycles. The van der Waals surface area contributed by atoms with Crippen molar-refractivity contribution in [3.05, 3.63) is 11.7 Å². The third-order valence-electron chi connectivity index (χ3n) is 3.92. The van der Waals surface area contributed by atoms with Crippen molar-refractivity contribution >= 4 is 0 Å². The number of nitrogens with zero attached hydrogens (tertiary/aromatic N) is 2. The molecule has 5 nitrogen and oxygen atoms in total. The van der Waals surface area contributed by atoms with E-state index in [1.807, 2.05) is 0 Å². The molecule has 2 N–H and O–H groups in total. The van der Waals surface area contributed by atoms with Gasteiger partial charge in [0.25, 0.3) is 0 Å². The van der Waals surface area contributed by atoms with Gasteiger partial charge in [-0.3, -0.25) is 0 Å². The lowest BCUT2D eigenvalue weighted by Gasteiger charge is -2.13. The van der Waals surface area contributed by atoms with Crippen molar-refractivity contribution in [3.63, 3.8) is 0 Å². The number of aromatic nitrogens is 2. The summed E-state index contributed by atoms with van der Waals surface area (Å²) in [6, 6.07) is -0.127. The van der Waals surface area contributed by atoms with Gasteiger partial charge in [0.1, 0.15) is 0 Å². The molecule has 1 aliphatic rings. The Morgan fingerprint density at radius 3 is 2.56 bits per heavy atom. The first-order valence-corrected chi connectivity index (χ1v) is 6.79. The van der Waals surface area contributed by atoms with Gasteiger partial charge >= 0.3 is 0 Å². The third kappa shape index (κ3) is 2.42. The molecule has 0 amide bonds. The van der Waals surface area contributed by atoms with Crippen LogP contribution in [-0.2, 0) is 4.74 Å². The van der Waals surface area contributed by atoms with Crippen LogP contribution in [0.15, 0.2) is 4.52 Å². The van der Waals surface area contributed by atoms with E-state index in [1.54, 1.807) is 0 Å². The number of nitrogens with two attached hydrogens (primary N) is 1. The lowest BCUT2D eigenvalue weighted by atomic mass is 9.89. The third-order valence-corrected chi connectivity index (χ3v) is 3.92. The minimum Gasteiger partial charge on any atom is -0.374 e. The molecular formula is C13H23N3O2. The quantitative estimate of drug-likeness (QED) is 0.891. The molecular weight excluding hydrogens is 230 g/mol. The van der Waals surface area contributed by atoms with Crippen LogP contribution in [0.2, 0.25) is 0 Å². The van der Waals surface area contributed by atoms with Gasteiger partial charge in [0, 0.05) is 0 Å². The molecule has 2 heterocycles. The summed E-state index contributed by atoms with van der Waals surface area (Å²) in [5.41, 5.74) is 6.00. The SMILES string of the molecule is CCCC(N)c1noc(C2C(C)OC(C)C2C)n1. The van der Waals surface area contributed by atoms with Gasteiger partial charge in [-0.2, -0.15) is 4.98 Å². The molecule has 0 spiro atoms. The normalized spacial score (nSPS) is 33.8. The maximum atomic E-state index is 6.00. The number of rotatable bonds is 4. The average Bonchev–Trinajstić information content (AvgIpc) is 2.86. The first-order valence-electron chi connectivity index (χ1n) is 6.79. The molecule has 0 bridgehead atoms. The monoisotopic (exact) mass is 253 g/mol. The van der Waals surface area contributed by atoms with Crippen molar-refractivity contribution in [2.45, 2.75) is 64.7 Å². The van der Waals surface area contributed by atoms with Crippen LogP contribution >= 0.6 is 0 Å². The van der Waals surface area contributed by atoms with Crippen LogP contribution in [0.3, 0.4) is 0 Å². The Kier molecular flexibility index (Phi) is 4.02. The Labute approximate surface area is 108 Å². The van der Waals surface area contributed by atoms with Crippen LogP contribution < -0.4 is 5.73 Å². The lowest BCUT2D eigenvalue weighted by Crippen LogP contribution is -2.16. The smallest absolute Gasteiger partial charge is 0.232 e. The highest BCUT2D eigenvalue weighted by Crippen LogP contribution is 2.39. The summed E-state index contributed by atoms with van der Waals surface area (Å²) in [6.07, 6.45) is 2.23. The van der Waals surface area contributed by atoms with E-state index in [4.69, 9.17) is 15.0 Å². The fourth-order valence-electron chi connectivity index (χ4n) is 2.67. The molecule has 5 atom stereocenters. The maximum Gasteiger partial charge on any atom is 0.232 e. The van der Waals surface area contributed by atoms with Crippen LogP contribution in [0.4, 0.5) is 0 Å². The Morgan fingerprint density at radius 2 is 2.00 bits per heavy atom. The lowest BCUT2D eigenvalue weighted by molar-refractivity contribution is 0.0542. The van der Waals surface area contributed by atoms with Gasteiger partial charge in [-0.1, -0.05) is 25.4 Å². The standard InChI is InChI=1S/C13H23N3O2/c1-5-6-10(14)12-15-13(18-16-12)11-7(2)8(3)17-9(11)4/h7-11H,5-6,14H2,1-4H3. The topological polar surface area (TPSA) is 74.2 Å². The molecule has 18 heavy (non-hydrogen) atoms. The molecule has 1 aromatic heterocycles. The molecule has 102 valence electrons. The van der Waals surface area contributed by atoms with Crippen LogP contribution in [0, 0.1) is 5.92 Å². The minimum absolute atomic E-state index is 0.116. The Bertz CT molecular complexity index is 393. The zero-order chi connectivity index (χ0) is 13.3. The maximum absolute atomic E-state index is 6.00. The molecule has 0 aromatic carbocycles. The van der Waals surface area contributed by atoms with Crippen molar-refractivity contribution in [1.82, 2.24) is 10.1 Å². The molecule has 1 aromatic rings. The summed E-state index contributed by atoms with van der Waals surface area (Å²) in [7, 11) is 0. The summed E-state index contributed by atoms with van der Waals surface area (Å²) < 4.78 is 11.2. The van der Waals surface area contributed by atoms with Crippen LogP contribution in [-0.4, -0.2) is 22.3 Å². The highest BCUT2D eigenvalue weighted by molar-refractivity contribution is 5.05. The summed E-state index contributed by atoms with van der Waals surface area (Å²) in [4.78, 5) is 4.46. The van der Waals surface area contributed by atoms with Crippen molar-refractivity contribution in [3.8, 4) is 0 Å². The summed E-state index contributed by atoms with van der Waals surface area (Å²) in [5, 5.41) is 4.01. The predicted molar refractivity (Wildman–Crippen MR) is 68.0 cm³/mol.